The fraction of sp³-hybridized carbons (Fsp3) is 0.500. The third-order valence-corrected chi connectivity index (χ3v) is 3.34. The quantitative estimate of drug-likeness (QED) is 0.891. The van der Waals surface area contributed by atoms with Crippen LogP contribution in [0.5, 0.6) is 0 Å². The maximum Gasteiger partial charge on any atom is 0.140 e. The van der Waals surface area contributed by atoms with Crippen LogP contribution in [-0.4, -0.2) is 23.0 Å². The van der Waals surface area contributed by atoms with Gasteiger partial charge in [-0.25, -0.2) is 4.98 Å². The lowest BCUT2D eigenvalue weighted by atomic mass is 10.2. The van der Waals surface area contributed by atoms with E-state index >= 15 is 0 Å². The summed E-state index contributed by atoms with van der Waals surface area (Å²) in [5.74, 6) is 2.05. The first-order chi connectivity index (χ1) is 6.77. The number of hydrogen-bond donors (Lipinski definition) is 1. The van der Waals surface area contributed by atoms with Crippen molar-refractivity contribution in [2.75, 3.05) is 17.3 Å². The molecule has 2 nitrogen and oxygen atoms in total. The molecule has 0 fully saturated rings. The number of hydrogen-bond acceptors (Lipinski definition) is 3. The van der Waals surface area contributed by atoms with E-state index in [-0.39, 0.29) is 0 Å². The Morgan fingerprint density at radius 2 is 2.43 bits per heavy atom. The molecule has 78 valence electrons. The van der Waals surface area contributed by atoms with Crippen molar-refractivity contribution in [2.24, 2.45) is 0 Å². The van der Waals surface area contributed by atoms with Crippen molar-refractivity contribution in [1.82, 2.24) is 4.98 Å². The van der Waals surface area contributed by atoms with E-state index in [0.29, 0.717) is 6.04 Å². The molecular weight excluding hydrogens is 260 g/mol. The molecule has 1 atom stereocenters. The second-order valence-corrected chi connectivity index (χ2v) is 4.80. The minimum atomic E-state index is 0.496. The van der Waals surface area contributed by atoms with Crippen LogP contribution in [0, 0.1) is 0 Å². The van der Waals surface area contributed by atoms with Crippen LogP contribution < -0.4 is 5.32 Å². The number of anilines is 1. The second kappa shape index (κ2) is 6.30. The van der Waals surface area contributed by atoms with E-state index in [1.54, 1.807) is 6.20 Å². The molecule has 0 saturated carbocycles. The molecule has 0 aromatic carbocycles. The van der Waals surface area contributed by atoms with Gasteiger partial charge < -0.3 is 5.32 Å². The SMILES string of the molecule is CCC(CSC)Nc1ncccc1Br. The third kappa shape index (κ3) is 3.50. The zero-order valence-corrected chi connectivity index (χ0v) is 10.9. The zero-order valence-electron chi connectivity index (χ0n) is 8.46. The summed E-state index contributed by atoms with van der Waals surface area (Å²) in [5, 5.41) is 3.42. The first-order valence-electron chi connectivity index (χ1n) is 4.64. The van der Waals surface area contributed by atoms with Gasteiger partial charge in [-0.3, -0.25) is 0 Å². The van der Waals surface area contributed by atoms with Gasteiger partial charge in [-0.05, 0) is 40.7 Å². The van der Waals surface area contributed by atoms with E-state index in [0.717, 1.165) is 22.5 Å². The van der Waals surface area contributed by atoms with Crippen molar-refractivity contribution in [2.45, 2.75) is 19.4 Å². The van der Waals surface area contributed by atoms with Gasteiger partial charge in [0.2, 0.25) is 0 Å². The average Bonchev–Trinajstić information content (AvgIpc) is 2.20. The van der Waals surface area contributed by atoms with Gasteiger partial charge in [-0.2, -0.15) is 11.8 Å². The Kier molecular flexibility index (Phi) is 5.33. The zero-order chi connectivity index (χ0) is 10.4. The average molecular weight is 275 g/mol. The van der Waals surface area contributed by atoms with Crippen LogP contribution in [0.15, 0.2) is 22.8 Å². The molecule has 0 aliphatic heterocycles. The van der Waals surface area contributed by atoms with E-state index in [2.05, 4.69) is 39.4 Å². The first kappa shape index (κ1) is 11.9. The topological polar surface area (TPSA) is 24.9 Å². The van der Waals surface area contributed by atoms with Crippen LogP contribution >= 0.6 is 27.7 Å². The first-order valence-corrected chi connectivity index (χ1v) is 6.82. The van der Waals surface area contributed by atoms with Crippen LogP contribution in [0.25, 0.3) is 0 Å². The van der Waals surface area contributed by atoms with Gasteiger partial charge in [-0.15, -0.1) is 0 Å². The lowest BCUT2D eigenvalue weighted by Crippen LogP contribution is -2.21. The normalized spacial score (nSPS) is 12.5. The van der Waals surface area contributed by atoms with Crippen LogP contribution in [-0.2, 0) is 0 Å². The number of pyridine rings is 1. The van der Waals surface area contributed by atoms with Gasteiger partial charge in [0.25, 0.3) is 0 Å². The number of aromatic nitrogens is 1. The van der Waals surface area contributed by atoms with E-state index in [1.807, 2.05) is 23.9 Å². The molecule has 0 radical (unpaired) electrons. The van der Waals surface area contributed by atoms with Crippen LogP contribution in [0.4, 0.5) is 5.82 Å². The van der Waals surface area contributed by atoms with E-state index < -0.39 is 0 Å². The monoisotopic (exact) mass is 274 g/mol. The maximum atomic E-state index is 4.28. The summed E-state index contributed by atoms with van der Waals surface area (Å²) in [4.78, 5) is 4.28. The molecule has 14 heavy (non-hydrogen) atoms. The lowest BCUT2D eigenvalue weighted by molar-refractivity contribution is 0.769. The fourth-order valence-electron chi connectivity index (χ4n) is 1.15. The van der Waals surface area contributed by atoms with Crippen molar-refractivity contribution in [3.63, 3.8) is 0 Å². The third-order valence-electron chi connectivity index (χ3n) is 1.96. The molecule has 4 heteroatoms. The molecule has 0 saturated heterocycles. The number of thioether (sulfide) groups is 1. The van der Waals surface area contributed by atoms with E-state index in [9.17, 15) is 0 Å². The molecule has 0 aliphatic carbocycles. The molecule has 1 rings (SSSR count). The lowest BCUT2D eigenvalue weighted by Gasteiger charge is -2.16. The van der Waals surface area contributed by atoms with Crippen molar-refractivity contribution in [3.05, 3.63) is 22.8 Å². The van der Waals surface area contributed by atoms with E-state index in [1.165, 1.54) is 0 Å². The van der Waals surface area contributed by atoms with Gasteiger partial charge >= 0.3 is 0 Å². The summed E-state index contributed by atoms with van der Waals surface area (Å²) in [6.07, 6.45) is 5.04. The Morgan fingerprint density at radius 3 is 3.00 bits per heavy atom. The van der Waals surface area contributed by atoms with Gasteiger partial charge in [0.05, 0.1) is 4.47 Å². The van der Waals surface area contributed by atoms with Crippen molar-refractivity contribution >= 4 is 33.5 Å². The molecule has 1 unspecified atom stereocenters. The summed E-state index contributed by atoms with van der Waals surface area (Å²) >= 11 is 5.33. The minimum Gasteiger partial charge on any atom is -0.366 e. The summed E-state index contributed by atoms with van der Waals surface area (Å²) in [6.45, 7) is 2.19. The largest absolute Gasteiger partial charge is 0.366 e. The Morgan fingerprint density at radius 1 is 1.64 bits per heavy atom. The van der Waals surface area contributed by atoms with E-state index in [4.69, 9.17) is 0 Å². The summed E-state index contributed by atoms with van der Waals surface area (Å²) in [7, 11) is 0. The van der Waals surface area contributed by atoms with Gasteiger partial charge in [0.1, 0.15) is 5.82 Å². The van der Waals surface area contributed by atoms with Crippen LogP contribution in [0.3, 0.4) is 0 Å². The highest BCUT2D eigenvalue weighted by Gasteiger charge is 2.07. The van der Waals surface area contributed by atoms with Gasteiger partial charge in [0.15, 0.2) is 0 Å². The van der Waals surface area contributed by atoms with Gasteiger partial charge in [-0.1, -0.05) is 6.92 Å². The predicted octanol–water partition coefficient (Wildman–Crippen LogP) is 3.40. The van der Waals surface area contributed by atoms with Crippen molar-refractivity contribution < 1.29 is 0 Å². The van der Waals surface area contributed by atoms with Crippen LogP contribution in [0.1, 0.15) is 13.3 Å². The molecule has 1 N–H and O–H groups in total. The Balaban J connectivity index is 2.62. The molecule has 0 amide bonds. The smallest absolute Gasteiger partial charge is 0.140 e. The highest BCUT2D eigenvalue weighted by Crippen LogP contribution is 2.20. The Labute approximate surface area is 98.0 Å². The van der Waals surface area contributed by atoms with Crippen molar-refractivity contribution in [3.8, 4) is 0 Å². The molecule has 0 bridgehead atoms. The Hall–Kier alpha value is -0.220. The molecule has 1 aromatic heterocycles. The molecule has 1 heterocycles. The summed E-state index contributed by atoms with van der Waals surface area (Å²) < 4.78 is 1.03. The molecule has 0 spiro atoms. The summed E-state index contributed by atoms with van der Waals surface area (Å²) in [6, 6.07) is 4.42. The van der Waals surface area contributed by atoms with Crippen LogP contribution in [0.2, 0.25) is 0 Å². The highest BCUT2D eigenvalue weighted by molar-refractivity contribution is 9.10. The molecular formula is C10H15BrN2S. The molecule has 0 aliphatic rings. The predicted molar refractivity (Wildman–Crippen MR) is 68.0 cm³/mol. The number of halogens is 1. The minimum absolute atomic E-state index is 0.496. The number of rotatable bonds is 5. The number of nitrogens with one attached hydrogen (secondary N) is 1. The molecule has 1 aromatic rings. The second-order valence-electron chi connectivity index (χ2n) is 3.04. The standard InChI is InChI=1S/C10H15BrN2S/c1-3-8(7-14-2)13-10-9(11)5-4-6-12-10/h4-6,8H,3,7H2,1-2H3,(H,12,13). The number of nitrogens with zero attached hydrogens (tertiary/aromatic N) is 1. The maximum absolute atomic E-state index is 4.28. The van der Waals surface area contributed by atoms with Crippen molar-refractivity contribution in [1.29, 1.82) is 0 Å². The Bertz CT molecular complexity index is 281. The van der Waals surface area contributed by atoms with Gasteiger partial charge in [0, 0.05) is 18.0 Å². The summed E-state index contributed by atoms with van der Waals surface area (Å²) in [5.41, 5.74) is 0. The highest BCUT2D eigenvalue weighted by atomic mass is 79.9. The fourth-order valence-corrected chi connectivity index (χ4v) is 2.24.